The molecular formula is C12H16N4O3S. The van der Waals surface area contributed by atoms with Gasteiger partial charge >= 0.3 is 0 Å². The summed E-state index contributed by atoms with van der Waals surface area (Å²) >= 11 is 0. The molecule has 0 bridgehead atoms. The number of hydrogen-bond donors (Lipinski definition) is 2. The highest BCUT2D eigenvalue weighted by Crippen LogP contribution is 2.21. The number of nitrogens with one attached hydrogen (secondary N) is 1. The molecule has 0 atom stereocenters. The molecule has 2 heterocycles. The largest absolute Gasteiger partial charge is 0.446 e. The summed E-state index contributed by atoms with van der Waals surface area (Å²) in [6, 6.07) is 6.60. The van der Waals surface area contributed by atoms with Crippen LogP contribution in [0.2, 0.25) is 0 Å². The van der Waals surface area contributed by atoms with Crippen LogP contribution >= 0.6 is 0 Å². The zero-order valence-electron chi connectivity index (χ0n) is 11.2. The van der Waals surface area contributed by atoms with Gasteiger partial charge in [0.05, 0.1) is 12.2 Å². The van der Waals surface area contributed by atoms with Gasteiger partial charge in [0.1, 0.15) is 5.76 Å². The molecule has 0 spiro atoms. The number of rotatable bonds is 5. The zero-order chi connectivity index (χ0) is 14.8. The average molecular weight is 296 g/mol. The number of sulfonamides is 1. The third kappa shape index (κ3) is 3.28. The molecule has 108 valence electrons. The summed E-state index contributed by atoms with van der Waals surface area (Å²) in [4.78, 5) is 6.13. The number of aromatic nitrogens is 1. The molecule has 2 aromatic rings. The molecular weight excluding hydrogens is 280 g/mol. The zero-order valence-corrected chi connectivity index (χ0v) is 12.0. The summed E-state index contributed by atoms with van der Waals surface area (Å²) in [5.74, 6) is 1.26. The van der Waals surface area contributed by atoms with E-state index < -0.39 is 10.0 Å². The number of nitrogens with two attached hydrogens (primary N) is 1. The van der Waals surface area contributed by atoms with Crippen LogP contribution in [0.1, 0.15) is 5.76 Å². The Morgan fingerprint density at radius 1 is 1.35 bits per heavy atom. The van der Waals surface area contributed by atoms with Crippen molar-refractivity contribution in [3.05, 3.63) is 36.2 Å². The summed E-state index contributed by atoms with van der Waals surface area (Å²) in [6.07, 6.45) is 1.70. The van der Waals surface area contributed by atoms with Gasteiger partial charge in [0, 0.05) is 20.3 Å². The van der Waals surface area contributed by atoms with Crippen molar-refractivity contribution >= 4 is 21.5 Å². The van der Waals surface area contributed by atoms with Crippen molar-refractivity contribution < 1.29 is 12.8 Å². The lowest BCUT2D eigenvalue weighted by atomic mass is 10.3. The second-order valence-electron chi connectivity index (χ2n) is 4.39. The first-order chi connectivity index (χ1) is 9.38. The molecule has 0 aromatic carbocycles. The normalized spacial score (nSPS) is 11.3. The SMILES string of the molecule is CN(C)c1ncccc1NCc1ccc(S(N)(=O)=O)o1. The third-order valence-electron chi connectivity index (χ3n) is 2.58. The lowest BCUT2D eigenvalue weighted by molar-refractivity contribution is 0.419. The topological polar surface area (TPSA) is 101 Å². The highest BCUT2D eigenvalue weighted by atomic mass is 32.2. The Hall–Kier alpha value is -2.06. The fourth-order valence-corrected chi connectivity index (χ4v) is 2.16. The predicted molar refractivity (Wildman–Crippen MR) is 76.0 cm³/mol. The van der Waals surface area contributed by atoms with E-state index in [1.54, 1.807) is 12.3 Å². The fraction of sp³-hybridized carbons (Fsp3) is 0.250. The second kappa shape index (κ2) is 5.51. The third-order valence-corrected chi connectivity index (χ3v) is 3.36. The Kier molecular flexibility index (Phi) is 3.96. The maximum absolute atomic E-state index is 11.1. The van der Waals surface area contributed by atoms with Crippen LogP contribution in [-0.4, -0.2) is 27.5 Å². The summed E-state index contributed by atoms with van der Waals surface area (Å²) in [7, 11) is -0.0248. The molecule has 0 fully saturated rings. The van der Waals surface area contributed by atoms with Crippen LogP contribution in [0.25, 0.3) is 0 Å². The molecule has 0 unspecified atom stereocenters. The molecule has 0 aliphatic heterocycles. The highest BCUT2D eigenvalue weighted by Gasteiger charge is 2.13. The van der Waals surface area contributed by atoms with E-state index in [-0.39, 0.29) is 5.09 Å². The highest BCUT2D eigenvalue weighted by molar-refractivity contribution is 7.89. The number of nitrogens with zero attached hydrogens (tertiary/aromatic N) is 2. The lowest BCUT2D eigenvalue weighted by Gasteiger charge is -2.16. The molecule has 0 radical (unpaired) electrons. The number of furan rings is 1. The van der Waals surface area contributed by atoms with Gasteiger partial charge in [0.25, 0.3) is 10.0 Å². The molecule has 8 heteroatoms. The first-order valence-electron chi connectivity index (χ1n) is 5.85. The van der Waals surface area contributed by atoms with E-state index in [2.05, 4.69) is 10.3 Å². The smallest absolute Gasteiger partial charge is 0.271 e. The number of anilines is 2. The van der Waals surface area contributed by atoms with Crippen molar-refractivity contribution in [1.29, 1.82) is 0 Å². The van der Waals surface area contributed by atoms with Gasteiger partial charge in [0.15, 0.2) is 5.82 Å². The minimum Gasteiger partial charge on any atom is -0.446 e. The standard InChI is InChI=1S/C12H16N4O3S/c1-16(2)12-10(4-3-7-14-12)15-8-9-5-6-11(19-9)20(13,17)18/h3-7,15H,8H2,1-2H3,(H2,13,17,18). The number of hydrogen-bond acceptors (Lipinski definition) is 6. The number of primary sulfonamides is 1. The van der Waals surface area contributed by atoms with Gasteiger partial charge < -0.3 is 14.6 Å². The van der Waals surface area contributed by atoms with E-state index in [1.165, 1.54) is 6.07 Å². The van der Waals surface area contributed by atoms with Crippen LogP contribution < -0.4 is 15.4 Å². The first-order valence-corrected chi connectivity index (χ1v) is 7.40. The van der Waals surface area contributed by atoms with Gasteiger partial charge in [-0.1, -0.05) is 0 Å². The van der Waals surface area contributed by atoms with Gasteiger partial charge in [-0.25, -0.2) is 18.5 Å². The van der Waals surface area contributed by atoms with Gasteiger partial charge in [-0.15, -0.1) is 0 Å². The molecule has 0 amide bonds. The van der Waals surface area contributed by atoms with Gasteiger partial charge in [0.2, 0.25) is 5.09 Å². The lowest BCUT2D eigenvalue weighted by Crippen LogP contribution is -2.13. The Morgan fingerprint density at radius 2 is 2.10 bits per heavy atom. The van der Waals surface area contributed by atoms with Crippen molar-refractivity contribution in [2.24, 2.45) is 5.14 Å². The predicted octanol–water partition coefficient (Wildman–Crippen LogP) is 1.00. The van der Waals surface area contributed by atoms with Crippen molar-refractivity contribution in [1.82, 2.24) is 4.98 Å². The quantitative estimate of drug-likeness (QED) is 0.853. The molecule has 0 aliphatic rings. The molecule has 20 heavy (non-hydrogen) atoms. The van der Waals surface area contributed by atoms with Crippen molar-refractivity contribution in [3.63, 3.8) is 0 Å². The second-order valence-corrected chi connectivity index (χ2v) is 5.88. The van der Waals surface area contributed by atoms with Gasteiger partial charge in [-0.05, 0) is 24.3 Å². The van der Waals surface area contributed by atoms with Crippen LogP contribution in [0.15, 0.2) is 40.0 Å². The monoisotopic (exact) mass is 296 g/mol. The molecule has 2 aromatic heterocycles. The minimum absolute atomic E-state index is 0.242. The molecule has 0 saturated heterocycles. The Balaban J connectivity index is 2.12. The first kappa shape index (κ1) is 14.4. The summed E-state index contributed by atoms with van der Waals surface area (Å²) in [5.41, 5.74) is 0.825. The average Bonchev–Trinajstić information content (AvgIpc) is 2.85. The Morgan fingerprint density at radius 3 is 2.70 bits per heavy atom. The molecule has 2 rings (SSSR count). The van der Waals surface area contributed by atoms with E-state index in [4.69, 9.17) is 9.56 Å². The van der Waals surface area contributed by atoms with Crippen LogP contribution in [0.4, 0.5) is 11.5 Å². The molecule has 7 nitrogen and oxygen atoms in total. The summed E-state index contributed by atoms with van der Waals surface area (Å²) < 4.78 is 27.4. The van der Waals surface area contributed by atoms with E-state index in [0.29, 0.717) is 12.3 Å². The summed E-state index contributed by atoms with van der Waals surface area (Å²) in [6.45, 7) is 0.335. The fourth-order valence-electron chi connectivity index (χ4n) is 1.68. The van der Waals surface area contributed by atoms with Gasteiger partial charge in [-0.2, -0.15) is 0 Å². The van der Waals surface area contributed by atoms with Crippen molar-refractivity contribution in [3.8, 4) is 0 Å². The van der Waals surface area contributed by atoms with E-state index in [9.17, 15) is 8.42 Å². The van der Waals surface area contributed by atoms with Crippen LogP contribution in [0.3, 0.4) is 0 Å². The van der Waals surface area contributed by atoms with Crippen LogP contribution in [0, 0.1) is 0 Å². The molecule has 0 saturated carbocycles. The van der Waals surface area contributed by atoms with Crippen molar-refractivity contribution in [2.75, 3.05) is 24.3 Å². The molecule has 3 N–H and O–H groups in total. The summed E-state index contributed by atoms with van der Waals surface area (Å²) in [5, 5.41) is 7.88. The van der Waals surface area contributed by atoms with Crippen LogP contribution in [-0.2, 0) is 16.6 Å². The van der Waals surface area contributed by atoms with E-state index >= 15 is 0 Å². The maximum Gasteiger partial charge on any atom is 0.271 e. The van der Waals surface area contributed by atoms with Crippen LogP contribution in [0.5, 0.6) is 0 Å². The van der Waals surface area contributed by atoms with Gasteiger partial charge in [-0.3, -0.25) is 0 Å². The van der Waals surface area contributed by atoms with E-state index in [0.717, 1.165) is 11.5 Å². The van der Waals surface area contributed by atoms with Crippen molar-refractivity contribution in [2.45, 2.75) is 11.6 Å². The van der Waals surface area contributed by atoms with E-state index in [1.807, 2.05) is 31.1 Å². The number of pyridine rings is 1. The Bertz CT molecular complexity index is 694. The molecule has 0 aliphatic carbocycles. The maximum atomic E-state index is 11.1. The Labute approximate surface area is 117 Å². The minimum atomic E-state index is -3.80.